The number of ether oxygens (including phenoxy) is 1. The van der Waals surface area contributed by atoms with Gasteiger partial charge in [-0.2, -0.15) is 0 Å². The standard InChI is InChI=1S/C13H28N2O/c1-11-10-16-9-8-15(11)7-6-14-12(2)13(3,4)5/h11-12,14H,6-10H2,1-5H3. The molecule has 0 aliphatic carbocycles. The molecule has 1 aliphatic heterocycles. The van der Waals surface area contributed by atoms with Gasteiger partial charge in [-0.3, -0.25) is 4.90 Å². The van der Waals surface area contributed by atoms with E-state index in [2.05, 4.69) is 44.8 Å². The van der Waals surface area contributed by atoms with Crippen molar-refractivity contribution in [3.63, 3.8) is 0 Å². The summed E-state index contributed by atoms with van der Waals surface area (Å²) in [5, 5.41) is 3.61. The molecule has 3 heteroatoms. The topological polar surface area (TPSA) is 24.5 Å². The number of hydrogen-bond acceptors (Lipinski definition) is 3. The summed E-state index contributed by atoms with van der Waals surface area (Å²) in [4.78, 5) is 2.51. The third kappa shape index (κ3) is 4.40. The quantitative estimate of drug-likeness (QED) is 0.793. The van der Waals surface area contributed by atoms with Gasteiger partial charge < -0.3 is 10.1 Å². The maximum Gasteiger partial charge on any atom is 0.0619 e. The highest BCUT2D eigenvalue weighted by atomic mass is 16.5. The largest absolute Gasteiger partial charge is 0.379 e. The van der Waals surface area contributed by atoms with Gasteiger partial charge in [0.2, 0.25) is 0 Å². The monoisotopic (exact) mass is 228 g/mol. The highest BCUT2D eigenvalue weighted by molar-refractivity contribution is 4.77. The van der Waals surface area contributed by atoms with E-state index in [9.17, 15) is 0 Å². The van der Waals surface area contributed by atoms with Crippen molar-refractivity contribution in [3.8, 4) is 0 Å². The number of nitrogens with zero attached hydrogens (tertiary/aromatic N) is 1. The molecule has 16 heavy (non-hydrogen) atoms. The number of morpholine rings is 1. The van der Waals surface area contributed by atoms with Crippen molar-refractivity contribution in [1.82, 2.24) is 10.2 Å². The van der Waals surface area contributed by atoms with Gasteiger partial charge in [0.1, 0.15) is 0 Å². The molecule has 1 fully saturated rings. The Morgan fingerprint density at radius 3 is 2.69 bits per heavy atom. The van der Waals surface area contributed by atoms with E-state index in [0.29, 0.717) is 17.5 Å². The minimum atomic E-state index is 0.344. The van der Waals surface area contributed by atoms with Gasteiger partial charge in [-0.1, -0.05) is 20.8 Å². The molecule has 3 nitrogen and oxygen atoms in total. The lowest BCUT2D eigenvalue weighted by molar-refractivity contribution is -0.000162. The van der Waals surface area contributed by atoms with Gasteiger partial charge in [0.25, 0.3) is 0 Å². The molecule has 96 valence electrons. The lowest BCUT2D eigenvalue weighted by Crippen LogP contribution is -2.48. The molecule has 2 atom stereocenters. The summed E-state index contributed by atoms with van der Waals surface area (Å²) in [6.07, 6.45) is 0. The van der Waals surface area contributed by atoms with Crippen molar-refractivity contribution >= 4 is 0 Å². The van der Waals surface area contributed by atoms with E-state index in [1.54, 1.807) is 0 Å². The van der Waals surface area contributed by atoms with E-state index in [1.165, 1.54) is 0 Å². The van der Waals surface area contributed by atoms with E-state index in [4.69, 9.17) is 4.74 Å². The smallest absolute Gasteiger partial charge is 0.0619 e. The van der Waals surface area contributed by atoms with Crippen molar-refractivity contribution < 1.29 is 4.74 Å². The van der Waals surface area contributed by atoms with Gasteiger partial charge in [0.15, 0.2) is 0 Å². The minimum absolute atomic E-state index is 0.344. The summed E-state index contributed by atoms with van der Waals surface area (Å²) in [6.45, 7) is 16.4. The van der Waals surface area contributed by atoms with E-state index >= 15 is 0 Å². The summed E-state index contributed by atoms with van der Waals surface area (Å²) in [7, 11) is 0. The van der Waals surface area contributed by atoms with Crippen LogP contribution in [0.2, 0.25) is 0 Å². The Kier molecular flexibility index (Phi) is 5.22. The molecule has 0 saturated carbocycles. The number of nitrogens with one attached hydrogen (secondary N) is 1. The Morgan fingerprint density at radius 2 is 2.12 bits per heavy atom. The molecular weight excluding hydrogens is 200 g/mol. The second kappa shape index (κ2) is 5.99. The molecule has 1 N–H and O–H groups in total. The predicted octanol–water partition coefficient (Wildman–Crippen LogP) is 1.73. The Balaban J connectivity index is 2.19. The van der Waals surface area contributed by atoms with Crippen LogP contribution in [0.15, 0.2) is 0 Å². The highest BCUT2D eigenvalue weighted by Crippen LogP contribution is 2.18. The molecule has 1 saturated heterocycles. The average molecular weight is 228 g/mol. The molecule has 0 aromatic heterocycles. The molecule has 0 spiro atoms. The lowest BCUT2D eigenvalue weighted by Gasteiger charge is -2.34. The zero-order valence-electron chi connectivity index (χ0n) is 11.5. The molecule has 2 unspecified atom stereocenters. The van der Waals surface area contributed by atoms with Crippen LogP contribution in [0.3, 0.4) is 0 Å². The Labute approximate surface area is 101 Å². The first-order valence-electron chi connectivity index (χ1n) is 6.46. The molecule has 1 aliphatic rings. The minimum Gasteiger partial charge on any atom is -0.379 e. The van der Waals surface area contributed by atoms with Crippen molar-refractivity contribution in [2.45, 2.75) is 46.7 Å². The van der Waals surface area contributed by atoms with Crippen molar-refractivity contribution in [1.29, 1.82) is 0 Å². The van der Waals surface area contributed by atoms with E-state index in [0.717, 1.165) is 32.8 Å². The zero-order valence-corrected chi connectivity index (χ0v) is 11.5. The summed E-state index contributed by atoms with van der Waals surface area (Å²) in [5.74, 6) is 0. The van der Waals surface area contributed by atoms with Gasteiger partial charge in [-0.15, -0.1) is 0 Å². The summed E-state index contributed by atoms with van der Waals surface area (Å²) in [6, 6.07) is 1.13. The lowest BCUT2D eigenvalue weighted by atomic mass is 9.88. The molecule has 1 rings (SSSR count). The Bertz CT molecular complexity index is 201. The van der Waals surface area contributed by atoms with Gasteiger partial charge >= 0.3 is 0 Å². The molecule has 0 aromatic rings. The summed E-state index contributed by atoms with van der Waals surface area (Å²) < 4.78 is 5.43. The van der Waals surface area contributed by atoms with Crippen LogP contribution in [-0.2, 0) is 4.74 Å². The second-order valence-corrected chi connectivity index (χ2v) is 6.00. The van der Waals surface area contributed by atoms with Crippen molar-refractivity contribution in [2.24, 2.45) is 5.41 Å². The molecule has 0 bridgehead atoms. The predicted molar refractivity (Wildman–Crippen MR) is 68.8 cm³/mol. The number of hydrogen-bond donors (Lipinski definition) is 1. The normalized spacial score (nSPS) is 25.7. The third-order valence-electron chi connectivity index (χ3n) is 3.65. The fourth-order valence-electron chi connectivity index (χ4n) is 1.82. The van der Waals surface area contributed by atoms with Crippen LogP contribution in [0.5, 0.6) is 0 Å². The average Bonchev–Trinajstić information content (AvgIpc) is 2.19. The van der Waals surface area contributed by atoms with Crippen molar-refractivity contribution in [3.05, 3.63) is 0 Å². The molecule has 1 heterocycles. The summed E-state index contributed by atoms with van der Waals surface area (Å²) in [5.41, 5.74) is 0.344. The second-order valence-electron chi connectivity index (χ2n) is 6.00. The van der Waals surface area contributed by atoms with Gasteiger partial charge in [0, 0.05) is 31.7 Å². The fourth-order valence-corrected chi connectivity index (χ4v) is 1.82. The first-order valence-corrected chi connectivity index (χ1v) is 6.46. The molecule has 0 amide bonds. The van der Waals surface area contributed by atoms with Crippen LogP contribution in [0, 0.1) is 5.41 Å². The molecular formula is C13H28N2O. The first kappa shape index (κ1) is 13.9. The molecule has 0 radical (unpaired) electrons. The third-order valence-corrected chi connectivity index (χ3v) is 3.65. The van der Waals surface area contributed by atoms with Gasteiger partial charge in [-0.05, 0) is 19.3 Å². The van der Waals surface area contributed by atoms with Crippen LogP contribution in [0.4, 0.5) is 0 Å². The Hall–Kier alpha value is -0.120. The van der Waals surface area contributed by atoms with Crippen LogP contribution < -0.4 is 5.32 Å². The van der Waals surface area contributed by atoms with E-state index in [-0.39, 0.29) is 0 Å². The SMILES string of the molecule is CC1COCCN1CCNC(C)C(C)(C)C. The Morgan fingerprint density at radius 1 is 1.44 bits per heavy atom. The zero-order chi connectivity index (χ0) is 12.2. The van der Waals surface area contributed by atoms with E-state index < -0.39 is 0 Å². The van der Waals surface area contributed by atoms with Crippen LogP contribution >= 0.6 is 0 Å². The first-order chi connectivity index (χ1) is 7.41. The maximum atomic E-state index is 5.43. The van der Waals surface area contributed by atoms with Crippen molar-refractivity contribution in [2.75, 3.05) is 32.8 Å². The van der Waals surface area contributed by atoms with Crippen LogP contribution in [-0.4, -0.2) is 49.8 Å². The summed E-state index contributed by atoms with van der Waals surface area (Å²) >= 11 is 0. The van der Waals surface area contributed by atoms with Gasteiger partial charge in [0.05, 0.1) is 13.2 Å². The maximum absolute atomic E-state index is 5.43. The van der Waals surface area contributed by atoms with E-state index in [1.807, 2.05) is 0 Å². The van der Waals surface area contributed by atoms with Gasteiger partial charge in [-0.25, -0.2) is 0 Å². The fraction of sp³-hybridized carbons (Fsp3) is 1.00. The number of rotatable bonds is 4. The van der Waals surface area contributed by atoms with Crippen LogP contribution in [0.1, 0.15) is 34.6 Å². The highest BCUT2D eigenvalue weighted by Gasteiger charge is 2.21. The van der Waals surface area contributed by atoms with Crippen LogP contribution in [0.25, 0.3) is 0 Å². The molecule has 0 aromatic carbocycles.